The third kappa shape index (κ3) is 3.35. The maximum Gasteiger partial charge on any atom is 0.124 e. The summed E-state index contributed by atoms with van der Waals surface area (Å²) < 4.78 is 10.8. The molecule has 4 nitrogen and oxygen atoms in total. The van der Waals surface area contributed by atoms with Crippen LogP contribution in [0, 0.1) is 0 Å². The van der Waals surface area contributed by atoms with E-state index < -0.39 is 0 Å². The smallest absolute Gasteiger partial charge is 0.124 e. The van der Waals surface area contributed by atoms with E-state index in [9.17, 15) is 0 Å². The predicted octanol–water partition coefficient (Wildman–Crippen LogP) is 2.43. The van der Waals surface area contributed by atoms with Crippen molar-refractivity contribution >= 4 is 10.8 Å². The SMILES string of the molecule is COCCN(C)C(CN)c1c(OC)ccc2ccccc12. The summed E-state index contributed by atoms with van der Waals surface area (Å²) in [5.41, 5.74) is 7.20. The van der Waals surface area contributed by atoms with Crippen LogP contribution in [0.5, 0.6) is 5.75 Å². The molecule has 0 heterocycles. The Morgan fingerprint density at radius 3 is 2.57 bits per heavy atom. The maximum absolute atomic E-state index is 6.05. The molecule has 2 aromatic rings. The number of rotatable bonds is 7. The molecule has 2 N–H and O–H groups in total. The first-order chi connectivity index (χ1) is 10.2. The Morgan fingerprint density at radius 1 is 1.14 bits per heavy atom. The number of likely N-dealkylation sites (N-methyl/N-ethyl adjacent to an activating group) is 1. The van der Waals surface area contributed by atoms with Gasteiger partial charge in [0.25, 0.3) is 0 Å². The highest BCUT2D eigenvalue weighted by Crippen LogP contribution is 2.35. The number of hydrogen-bond acceptors (Lipinski definition) is 4. The highest BCUT2D eigenvalue weighted by molar-refractivity contribution is 5.88. The average molecular weight is 288 g/mol. The van der Waals surface area contributed by atoms with E-state index in [1.54, 1.807) is 14.2 Å². The van der Waals surface area contributed by atoms with Crippen molar-refractivity contribution in [3.05, 3.63) is 42.0 Å². The Hall–Kier alpha value is -1.62. The van der Waals surface area contributed by atoms with Gasteiger partial charge in [-0.25, -0.2) is 0 Å². The van der Waals surface area contributed by atoms with Gasteiger partial charge in [-0.05, 0) is 23.9 Å². The molecule has 0 saturated carbocycles. The molecule has 0 saturated heterocycles. The zero-order valence-electron chi connectivity index (χ0n) is 13.0. The molecule has 4 heteroatoms. The van der Waals surface area contributed by atoms with Crippen LogP contribution in [-0.2, 0) is 4.74 Å². The van der Waals surface area contributed by atoms with Crippen molar-refractivity contribution in [3.8, 4) is 5.75 Å². The van der Waals surface area contributed by atoms with Gasteiger partial charge in [0.15, 0.2) is 0 Å². The Morgan fingerprint density at radius 2 is 1.90 bits per heavy atom. The Labute approximate surface area is 126 Å². The molecule has 2 rings (SSSR count). The minimum atomic E-state index is 0.0983. The van der Waals surface area contributed by atoms with Crippen LogP contribution < -0.4 is 10.5 Å². The molecule has 0 spiro atoms. The molecule has 0 aliphatic rings. The summed E-state index contributed by atoms with van der Waals surface area (Å²) in [6.07, 6.45) is 0. The minimum Gasteiger partial charge on any atom is -0.496 e. The first kappa shape index (κ1) is 15.8. The van der Waals surface area contributed by atoms with Crippen molar-refractivity contribution in [2.24, 2.45) is 5.73 Å². The van der Waals surface area contributed by atoms with Gasteiger partial charge >= 0.3 is 0 Å². The van der Waals surface area contributed by atoms with Crippen LogP contribution in [0.1, 0.15) is 11.6 Å². The molecule has 0 fully saturated rings. The zero-order valence-corrected chi connectivity index (χ0v) is 13.0. The Kier molecular flexibility index (Phi) is 5.56. The first-order valence-electron chi connectivity index (χ1n) is 7.17. The molecule has 1 atom stereocenters. The first-order valence-corrected chi connectivity index (χ1v) is 7.17. The fraction of sp³-hybridized carbons (Fsp3) is 0.412. The predicted molar refractivity (Wildman–Crippen MR) is 86.8 cm³/mol. The molecular weight excluding hydrogens is 264 g/mol. The maximum atomic E-state index is 6.05. The second-order valence-electron chi connectivity index (χ2n) is 5.13. The van der Waals surface area contributed by atoms with Gasteiger partial charge in [0.2, 0.25) is 0 Å². The summed E-state index contributed by atoms with van der Waals surface area (Å²) in [5.74, 6) is 0.883. The number of fused-ring (bicyclic) bond motifs is 1. The number of nitrogens with two attached hydrogens (primary N) is 1. The normalized spacial score (nSPS) is 12.8. The van der Waals surface area contributed by atoms with E-state index in [4.69, 9.17) is 15.2 Å². The lowest BCUT2D eigenvalue weighted by Crippen LogP contribution is -2.33. The average Bonchev–Trinajstić information content (AvgIpc) is 2.53. The number of methoxy groups -OCH3 is 2. The molecule has 21 heavy (non-hydrogen) atoms. The fourth-order valence-electron chi connectivity index (χ4n) is 2.71. The lowest BCUT2D eigenvalue weighted by molar-refractivity contribution is 0.140. The van der Waals surface area contributed by atoms with E-state index in [0.29, 0.717) is 13.2 Å². The zero-order chi connectivity index (χ0) is 15.2. The van der Waals surface area contributed by atoms with Crippen LogP contribution in [0.25, 0.3) is 10.8 Å². The standard InChI is InChI=1S/C17H24N2O2/c1-19(10-11-20-2)15(12-18)17-14-7-5-4-6-13(14)8-9-16(17)21-3/h4-9,15H,10-12,18H2,1-3H3. The third-order valence-corrected chi connectivity index (χ3v) is 3.89. The summed E-state index contributed by atoms with van der Waals surface area (Å²) >= 11 is 0. The van der Waals surface area contributed by atoms with E-state index in [1.165, 1.54) is 10.8 Å². The molecule has 0 bridgehead atoms. The van der Waals surface area contributed by atoms with E-state index in [-0.39, 0.29) is 6.04 Å². The lowest BCUT2D eigenvalue weighted by atomic mass is 9.96. The van der Waals surface area contributed by atoms with Crippen LogP contribution in [-0.4, -0.2) is 45.9 Å². The van der Waals surface area contributed by atoms with Crippen molar-refractivity contribution in [1.29, 1.82) is 0 Å². The van der Waals surface area contributed by atoms with Gasteiger partial charge in [-0.2, -0.15) is 0 Å². The number of nitrogens with zero attached hydrogens (tertiary/aromatic N) is 1. The number of ether oxygens (including phenoxy) is 2. The summed E-state index contributed by atoms with van der Waals surface area (Å²) in [6, 6.07) is 12.5. The monoisotopic (exact) mass is 288 g/mol. The van der Waals surface area contributed by atoms with Gasteiger partial charge in [-0.1, -0.05) is 30.3 Å². The molecule has 0 radical (unpaired) electrons. The van der Waals surface area contributed by atoms with Crippen LogP contribution >= 0.6 is 0 Å². The van der Waals surface area contributed by atoms with E-state index in [0.717, 1.165) is 17.9 Å². The van der Waals surface area contributed by atoms with E-state index >= 15 is 0 Å². The van der Waals surface area contributed by atoms with E-state index in [1.807, 2.05) is 18.2 Å². The van der Waals surface area contributed by atoms with Crippen LogP contribution in [0.4, 0.5) is 0 Å². The van der Waals surface area contributed by atoms with Crippen molar-refractivity contribution in [2.45, 2.75) is 6.04 Å². The minimum absolute atomic E-state index is 0.0983. The molecule has 1 unspecified atom stereocenters. The lowest BCUT2D eigenvalue weighted by Gasteiger charge is -2.29. The van der Waals surface area contributed by atoms with E-state index in [2.05, 4.69) is 30.1 Å². The van der Waals surface area contributed by atoms with Gasteiger partial charge in [0.1, 0.15) is 5.75 Å². The number of hydrogen-bond donors (Lipinski definition) is 1. The summed E-state index contributed by atoms with van der Waals surface area (Å²) in [6.45, 7) is 2.04. The van der Waals surface area contributed by atoms with Crippen LogP contribution in [0.15, 0.2) is 36.4 Å². The van der Waals surface area contributed by atoms with Gasteiger partial charge < -0.3 is 15.2 Å². The second-order valence-corrected chi connectivity index (χ2v) is 5.13. The summed E-state index contributed by atoms with van der Waals surface area (Å²) in [4.78, 5) is 2.22. The third-order valence-electron chi connectivity index (χ3n) is 3.89. The highest BCUT2D eigenvalue weighted by atomic mass is 16.5. The number of benzene rings is 2. The fourth-order valence-corrected chi connectivity index (χ4v) is 2.71. The highest BCUT2D eigenvalue weighted by Gasteiger charge is 2.21. The molecule has 0 aromatic heterocycles. The summed E-state index contributed by atoms with van der Waals surface area (Å²) in [5, 5.41) is 2.39. The van der Waals surface area contributed by atoms with Crippen LogP contribution in [0.2, 0.25) is 0 Å². The Balaban J connectivity index is 2.50. The van der Waals surface area contributed by atoms with Crippen molar-refractivity contribution in [3.63, 3.8) is 0 Å². The molecule has 0 amide bonds. The van der Waals surface area contributed by atoms with Gasteiger partial charge in [-0.3, -0.25) is 4.90 Å². The van der Waals surface area contributed by atoms with Crippen LogP contribution in [0.3, 0.4) is 0 Å². The topological polar surface area (TPSA) is 47.7 Å². The van der Waals surface area contributed by atoms with Crippen molar-refractivity contribution < 1.29 is 9.47 Å². The summed E-state index contributed by atoms with van der Waals surface area (Å²) in [7, 11) is 5.48. The molecular formula is C17H24N2O2. The van der Waals surface area contributed by atoms with Gasteiger partial charge in [0, 0.05) is 25.8 Å². The van der Waals surface area contributed by atoms with Gasteiger partial charge in [0.05, 0.1) is 19.8 Å². The quantitative estimate of drug-likeness (QED) is 0.850. The van der Waals surface area contributed by atoms with Crippen molar-refractivity contribution in [2.75, 3.05) is 41.0 Å². The largest absolute Gasteiger partial charge is 0.496 e. The molecule has 0 aliphatic carbocycles. The van der Waals surface area contributed by atoms with Crippen molar-refractivity contribution in [1.82, 2.24) is 4.90 Å². The molecule has 114 valence electrons. The Bertz CT molecular complexity index is 586. The molecule has 0 aliphatic heterocycles. The second kappa shape index (κ2) is 7.41. The van der Waals surface area contributed by atoms with Gasteiger partial charge in [-0.15, -0.1) is 0 Å². The molecule has 2 aromatic carbocycles.